The van der Waals surface area contributed by atoms with Gasteiger partial charge in [0.2, 0.25) is 0 Å². The fraction of sp³-hybridized carbons (Fsp3) is 0.250. The van der Waals surface area contributed by atoms with Crippen molar-refractivity contribution in [1.82, 2.24) is 0 Å². The summed E-state index contributed by atoms with van der Waals surface area (Å²) in [6.45, 7) is 0.698. The van der Waals surface area contributed by atoms with Crippen molar-refractivity contribution >= 4 is 58.1 Å². The van der Waals surface area contributed by atoms with Crippen LogP contribution in [0.15, 0.2) is 41.4 Å². The summed E-state index contributed by atoms with van der Waals surface area (Å²) in [6.07, 6.45) is 1.19. The number of carbonyl (C=O) groups is 2. The molecule has 0 fully saturated rings. The van der Waals surface area contributed by atoms with Gasteiger partial charge in [0.1, 0.15) is 5.71 Å². The number of anilines is 1. The number of benzene rings is 2. The van der Waals surface area contributed by atoms with Crippen LogP contribution in [0.2, 0.25) is 15.1 Å². The zero-order chi connectivity index (χ0) is 20.3. The maximum Gasteiger partial charge on any atom is 0.303 e. The quantitative estimate of drug-likeness (QED) is 0.600. The molecule has 0 atom stereocenters. The lowest BCUT2D eigenvalue weighted by Crippen LogP contribution is -2.29. The van der Waals surface area contributed by atoms with E-state index in [0.717, 1.165) is 11.3 Å². The number of carboxylic acids is 1. The first-order chi connectivity index (χ1) is 13.4. The van der Waals surface area contributed by atoms with Crippen LogP contribution >= 0.6 is 34.8 Å². The Morgan fingerprint density at radius 3 is 2.54 bits per heavy atom. The predicted molar refractivity (Wildman–Crippen MR) is 112 cm³/mol. The maximum atomic E-state index is 13.0. The number of halogens is 3. The molecular weight excluding hydrogens is 423 g/mol. The molecule has 0 saturated carbocycles. The van der Waals surface area contributed by atoms with Gasteiger partial charge >= 0.3 is 5.97 Å². The Morgan fingerprint density at radius 1 is 1.04 bits per heavy atom. The van der Waals surface area contributed by atoms with Gasteiger partial charge in [0.25, 0.3) is 5.91 Å². The number of unbranched alkanes of at least 4 members (excludes halogenated alkanes) is 1. The molecule has 0 aromatic heterocycles. The Kier molecular flexibility index (Phi) is 6.60. The number of fused-ring (bicyclic) bond motifs is 1. The summed E-state index contributed by atoms with van der Waals surface area (Å²) in [6, 6.07) is 10.5. The molecule has 146 valence electrons. The van der Waals surface area contributed by atoms with Gasteiger partial charge in [0.15, 0.2) is 0 Å². The molecule has 2 aromatic carbocycles. The number of rotatable bonds is 7. The normalized spacial score (nSPS) is 14.6. The molecule has 1 aliphatic rings. The number of carbonyl (C=O) groups excluding carboxylic acids is 1. The highest BCUT2D eigenvalue weighted by molar-refractivity contribution is 6.54. The van der Waals surface area contributed by atoms with Crippen LogP contribution in [0.5, 0.6) is 0 Å². The zero-order valence-corrected chi connectivity index (χ0v) is 17.1. The summed E-state index contributed by atoms with van der Waals surface area (Å²) in [4.78, 5) is 29.7. The third-order valence-corrected chi connectivity index (χ3v) is 5.32. The lowest BCUT2D eigenvalue weighted by molar-refractivity contribution is -0.137. The molecule has 8 heteroatoms. The third-order valence-electron chi connectivity index (χ3n) is 4.35. The molecule has 28 heavy (non-hydrogen) atoms. The van der Waals surface area contributed by atoms with Gasteiger partial charge in [0, 0.05) is 23.6 Å². The molecule has 3 rings (SSSR count). The van der Waals surface area contributed by atoms with Crippen LogP contribution in [0.3, 0.4) is 0 Å². The van der Waals surface area contributed by atoms with Gasteiger partial charge in [-0.15, -0.1) is 0 Å². The van der Waals surface area contributed by atoms with Crippen molar-refractivity contribution < 1.29 is 14.7 Å². The number of aliphatic imine (C=N–C) groups is 1. The second-order valence-corrected chi connectivity index (χ2v) is 7.63. The summed E-state index contributed by atoms with van der Waals surface area (Å²) in [7, 11) is 0. The summed E-state index contributed by atoms with van der Waals surface area (Å²) < 4.78 is 0. The zero-order valence-electron chi connectivity index (χ0n) is 14.8. The molecule has 0 radical (unpaired) electrons. The first-order valence-electron chi connectivity index (χ1n) is 8.69. The monoisotopic (exact) mass is 438 g/mol. The van der Waals surface area contributed by atoms with Crippen LogP contribution in [0.25, 0.3) is 0 Å². The molecule has 1 amide bonds. The largest absolute Gasteiger partial charge is 0.481 e. The lowest BCUT2D eigenvalue weighted by atomic mass is 10.1. The Labute approximate surface area is 177 Å². The maximum absolute atomic E-state index is 13.0. The second kappa shape index (κ2) is 8.95. The first kappa shape index (κ1) is 20.6. The minimum Gasteiger partial charge on any atom is -0.481 e. The SMILES string of the molecule is O=C(O)CCCCN=C1C(=O)N(Cc2ccc(Cl)c(Cl)c2)c2ccc(Cl)cc21. The van der Waals surface area contributed by atoms with Gasteiger partial charge in [-0.05, 0) is 48.7 Å². The summed E-state index contributed by atoms with van der Waals surface area (Å²) in [5.41, 5.74) is 2.58. The van der Waals surface area contributed by atoms with Crippen LogP contribution in [0.4, 0.5) is 5.69 Å². The van der Waals surface area contributed by atoms with Crippen molar-refractivity contribution in [2.75, 3.05) is 11.4 Å². The molecule has 0 spiro atoms. The Morgan fingerprint density at radius 2 is 1.82 bits per heavy atom. The standard InChI is InChI=1S/C20H17Cl3N2O3/c21-13-5-7-17-14(10-13)19(24-8-2-1-3-18(26)27)20(28)25(17)11-12-4-6-15(22)16(23)9-12/h4-7,9-10H,1-3,8,11H2,(H,26,27). The second-order valence-electron chi connectivity index (χ2n) is 6.38. The Balaban J connectivity index is 1.83. The summed E-state index contributed by atoms with van der Waals surface area (Å²) >= 11 is 18.2. The highest BCUT2D eigenvalue weighted by Gasteiger charge is 2.34. The molecule has 2 aromatic rings. The molecule has 0 unspecified atom stereocenters. The molecule has 1 aliphatic heterocycles. The fourth-order valence-corrected chi connectivity index (χ4v) is 3.49. The van der Waals surface area contributed by atoms with Gasteiger partial charge < -0.3 is 10.0 Å². The smallest absolute Gasteiger partial charge is 0.303 e. The van der Waals surface area contributed by atoms with E-state index in [1.54, 1.807) is 35.2 Å². The van der Waals surface area contributed by atoms with E-state index in [1.807, 2.05) is 6.07 Å². The van der Waals surface area contributed by atoms with Crippen molar-refractivity contribution in [2.24, 2.45) is 4.99 Å². The predicted octanol–water partition coefficient (Wildman–Crippen LogP) is 5.24. The van der Waals surface area contributed by atoms with Gasteiger partial charge in [-0.2, -0.15) is 0 Å². The highest BCUT2D eigenvalue weighted by atomic mass is 35.5. The Hall–Kier alpha value is -2.08. The van der Waals surface area contributed by atoms with Crippen molar-refractivity contribution in [2.45, 2.75) is 25.8 Å². The number of hydrogen-bond acceptors (Lipinski definition) is 3. The number of amides is 1. The van der Waals surface area contributed by atoms with E-state index in [4.69, 9.17) is 39.9 Å². The van der Waals surface area contributed by atoms with E-state index in [0.29, 0.717) is 52.3 Å². The summed E-state index contributed by atoms with van der Waals surface area (Å²) in [5, 5.41) is 10.1. The van der Waals surface area contributed by atoms with E-state index < -0.39 is 5.97 Å². The third kappa shape index (κ3) is 4.66. The topological polar surface area (TPSA) is 70.0 Å². The molecule has 0 aliphatic carbocycles. The number of nitrogens with zero attached hydrogens (tertiary/aromatic N) is 2. The number of carboxylic acid groups (broad SMARTS) is 1. The van der Waals surface area contributed by atoms with E-state index in [-0.39, 0.29) is 12.3 Å². The van der Waals surface area contributed by atoms with Crippen LogP contribution < -0.4 is 4.90 Å². The molecule has 0 bridgehead atoms. The van der Waals surface area contributed by atoms with Gasteiger partial charge in [-0.3, -0.25) is 14.6 Å². The van der Waals surface area contributed by atoms with Gasteiger partial charge in [-0.1, -0.05) is 40.9 Å². The van der Waals surface area contributed by atoms with E-state index in [1.165, 1.54) is 0 Å². The lowest BCUT2D eigenvalue weighted by Gasteiger charge is -2.17. The Bertz CT molecular complexity index is 960. The number of hydrogen-bond donors (Lipinski definition) is 1. The summed E-state index contributed by atoms with van der Waals surface area (Å²) in [5.74, 6) is -1.06. The molecule has 5 nitrogen and oxygen atoms in total. The van der Waals surface area contributed by atoms with Gasteiger partial charge in [-0.25, -0.2) is 0 Å². The van der Waals surface area contributed by atoms with Crippen molar-refractivity contribution in [1.29, 1.82) is 0 Å². The highest BCUT2D eigenvalue weighted by Crippen LogP contribution is 2.34. The minimum atomic E-state index is -0.838. The van der Waals surface area contributed by atoms with Crippen molar-refractivity contribution in [3.8, 4) is 0 Å². The van der Waals surface area contributed by atoms with E-state index >= 15 is 0 Å². The number of aliphatic carboxylic acids is 1. The average Bonchev–Trinajstić information content (AvgIpc) is 2.89. The van der Waals surface area contributed by atoms with Crippen molar-refractivity contribution in [3.05, 3.63) is 62.6 Å². The first-order valence-corrected chi connectivity index (χ1v) is 9.82. The van der Waals surface area contributed by atoms with Crippen LogP contribution in [0.1, 0.15) is 30.4 Å². The average molecular weight is 440 g/mol. The van der Waals surface area contributed by atoms with E-state index in [9.17, 15) is 9.59 Å². The fourth-order valence-electron chi connectivity index (χ4n) is 2.99. The minimum absolute atomic E-state index is 0.0880. The van der Waals surface area contributed by atoms with Crippen LogP contribution in [-0.2, 0) is 16.1 Å². The molecule has 0 saturated heterocycles. The molecular formula is C20H17Cl3N2O3. The molecule has 1 N–H and O–H groups in total. The molecule has 1 heterocycles. The van der Waals surface area contributed by atoms with E-state index in [2.05, 4.69) is 4.99 Å². The van der Waals surface area contributed by atoms with Gasteiger partial charge in [0.05, 0.1) is 22.3 Å². The van der Waals surface area contributed by atoms with Crippen LogP contribution in [-0.4, -0.2) is 29.2 Å². The van der Waals surface area contributed by atoms with Crippen molar-refractivity contribution in [3.63, 3.8) is 0 Å². The van der Waals surface area contributed by atoms with Crippen LogP contribution in [0, 0.1) is 0 Å².